The molecule has 8 nitrogen and oxygen atoms in total. The number of nitrogens with zero attached hydrogens (tertiary/aromatic N) is 5. The van der Waals surface area contributed by atoms with E-state index in [-0.39, 0.29) is 4.90 Å². The van der Waals surface area contributed by atoms with Gasteiger partial charge in [0.05, 0.1) is 10.6 Å². The van der Waals surface area contributed by atoms with E-state index in [1.54, 1.807) is 47.1 Å². The molecular formula is C28H20N6O2S. The maximum absolute atomic E-state index is 12.9. The summed E-state index contributed by atoms with van der Waals surface area (Å²) in [5.74, 6) is 0.542. The van der Waals surface area contributed by atoms with E-state index >= 15 is 0 Å². The van der Waals surface area contributed by atoms with E-state index in [1.807, 2.05) is 72.8 Å². The maximum Gasteiger partial charge on any atom is 0.261 e. The molecule has 1 N–H and O–H groups in total. The van der Waals surface area contributed by atoms with Crippen molar-refractivity contribution >= 4 is 21.4 Å². The largest absolute Gasteiger partial charge is 0.280 e. The molecule has 0 radical (unpaired) electrons. The second kappa shape index (κ2) is 9.29. The fraction of sp³-hybridized carbons (Fsp3) is 0. The van der Waals surface area contributed by atoms with Crippen LogP contribution in [0.15, 0.2) is 120 Å². The van der Waals surface area contributed by atoms with Crippen LogP contribution in [0, 0.1) is 0 Å². The van der Waals surface area contributed by atoms with E-state index in [1.165, 1.54) is 0 Å². The van der Waals surface area contributed by atoms with Gasteiger partial charge in [-0.3, -0.25) is 9.71 Å². The van der Waals surface area contributed by atoms with Gasteiger partial charge < -0.3 is 0 Å². The van der Waals surface area contributed by atoms with Gasteiger partial charge in [0.25, 0.3) is 10.0 Å². The predicted octanol–water partition coefficient (Wildman–Crippen LogP) is 5.32. The van der Waals surface area contributed by atoms with Crippen molar-refractivity contribution in [2.45, 2.75) is 4.90 Å². The molecule has 0 aliphatic rings. The van der Waals surface area contributed by atoms with Gasteiger partial charge in [0.2, 0.25) is 5.82 Å². The molecule has 3 aromatic carbocycles. The third-order valence-electron chi connectivity index (χ3n) is 5.86. The summed E-state index contributed by atoms with van der Waals surface area (Å²) in [6, 6.07) is 32.9. The number of sulfonamides is 1. The Kier molecular flexibility index (Phi) is 5.66. The smallest absolute Gasteiger partial charge is 0.261 e. The molecule has 3 aromatic heterocycles. The number of anilines is 1. The summed E-state index contributed by atoms with van der Waals surface area (Å²) in [5.41, 5.74) is 5.21. The molecule has 6 rings (SSSR count). The minimum absolute atomic E-state index is 0.193. The Labute approximate surface area is 213 Å². The van der Waals surface area contributed by atoms with Gasteiger partial charge in [0, 0.05) is 17.4 Å². The van der Waals surface area contributed by atoms with Crippen LogP contribution in [0.1, 0.15) is 0 Å². The number of benzene rings is 3. The summed E-state index contributed by atoms with van der Waals surface area (Å²) in [5, 5.41) is 13.1. The zero-order valence-electron chi connectivity index (χ0n) is 19.4. The molecule has 0 saturated carbocycles. The molecule has 9 heteroatoms. The molecule has 3 heterocycles. The topological polar surface area (TPSA) is 102 Å². The Bertz CT molecular complexity index is 1790. The van der Waals surface area contributed by atoms with Crippen molar-refractivity contribution in [3.05, 3.63) is 115 Å². The molecule has 0 unspecified atom stereocenters. The lowest BCUT2D eigenvalue weighted by atomic mass is 10.1. The van der Waals surface area contributed by atoms with Crippen molar-refractivity contribution in [3.8, 4) is 33.9 Å². The highest BCUT2D eigenvalue weighted by Crippen LogP contribution is 2.25. The lowest BCUT2D eigenvalue weighted by molar-refractivity contribution is 0.601. The molecule has 0 aliphatic carbocycles. The molecule has 0 amide bonds. The number of hydrogen-bond acceptors (Lipinski definition) is 6. The first-order valence-corrected chi connectivity index (χ1v) is 13.0. The lowest BCUT2D eigenvalue weighted by Gasteiger charge is -2.10. The zero-order chi connectivity index (χ0) is 25.2. The Morgan fingerprint density at radius 1 is 0.622 bits per heavy atom. The molecule has 6 aromatic rings. The van der Waals surface area contributed by atoms with Gasteiger partial charge in [-0.25, -0.2) is 8.42 Å². The first-order valence-electron chi connectivity index (χ1n) is 11.5. The quantitative estimate of drug-likeness (QED) is 0.329. The third kappa shape index (κ3) is 4.55. The molecule has 0 atom stereocenters. The van der Waals surface area contributed by atoms with Crippen LogP contribution in [0.25, 0.3) is 39.5 Å². The lowest BCUT2D eigenvalue weighted by Crippen LogP contribution is -2.12. The second-order valence-electron chi connectivity index (χ2n) is 8.30. The SMILES string of the molecule is O=S(=O)(Nc1ccc(-c2ccc3nnc(-c4ccccn4)n3n2)cc1)c1ccc(-c2ccccc2)cc1. The van der Waals surface area contributed by atoms with Crippen molar-refractivity contribution < 1.29 is 8.42 Å². The van der Waals surface area contributed by atoms with Crippen LogP contribution < -0.4 is 4.72 Å². The van der Waals surface area contributed by atoms with Gasteiger partial charge >= 0.3 is 0 Å². The van der Waals surface area contributed by atoms with Crippen LogP contribution in [-0.4, -0.2) is 33.2 Å². The van der Waals surface area contributed by atoms with E-state index < -0.39 is 10.0 Å². The van der Waals surface area contributed by atoms with E-state index in [0.29, 0.717) is 28.5 Å². The summed E-state index contributed by atoms with van der Waals surface area (Å²) < 4.78 is 30.2. The van der Waals surface area contributed by atoms with Crippen molar-refractivity contribution in [2.75, 3.05) is 4.72 Å². The summed E-state index contributed by atoms with van der Waals surface area (Å²) >= 11 is 0. The number of fused-ring (bicyclic) bond motifs is 1. The normalized spacial score (nSPS) is 11.5. The van der Waals surface area contributed by atoms with Gasteiger partial charge in [0.1, 0.15) is 5.69 Å². The Hall–Kier alpha value is -4.89. The molecule has 0 aliphatic heterocycles. The van der Waals surface area contributed by atoms with Crippen LogP contribution in [0.2, 0.25) is 0 Å². The average Bonchev–Trinajstić information content (AvgIpc) is 3.38. The van der Waals surface area contributed by atoms with E-state index in [2.05, 4.69) is 25.0 Å². The number of aromatic nitrogens is 5. The molecule has 0 spiro atoms. The average molecular weight is 505 g/mol. The van der Waals surface area contributed by atoms with Crippen LogP contribution in [0.4, 0.5) is 5.69 Å². The van der Waals surface area contributed by atoms with Gasteiger partial charge in [0.15, 0.2) is 5.65 Å². The molecule has 37 heavy (non-hydrogen) atoms. The fourth-order valence-corrected chi connectivity index (χ4v) is 5.04. The fourth-order valence-electron chi connectivity index (χ4n) is 3.98. The van der Waals surface area contributed by atoms with Crippen molar-refractivity contribution in [1.29, 1.82) is 0 Å². The van der Waals surface area contributed by atoms with Crippen LogP contribution in [-0.2, 0) is 10.0 Å². The highest BCUT2D eigenvalue weighted by molar-refractivity contribution is 7.92. The van der Waals surface area contributed by atoms with E-state index in [9.17, 15) is 8.42 Å². The van der Waals surface area contributed by atoms with Gasteiger partial charge in [-0.2, -0.15) is 9.61 Å². The van der Waals surface area contributed by atoms with E-state index in [0.717, 1.165) is 16.7 Å². The standard InChI is InChI=1S/C28H20N6O2S/c35-37(36,24-15-11-21(12-16-24)20-6-2-1-3-7-20)33-23-13-9-22(10-14-23)25-17-18-27-30-31-28(34(27)32-25)26-8-4-5-19-29-26/h1-19,33H. The number of hydrogen-bond donors (Lipinski definition) is 1. The highest BCUT2D eigenvalue weighted by atomic mass is 32.2. The van der Waals surface area contributed by atoms with Gasteiger partial charge in [-0.05, 0) is 59.7 Å². The van der Waals surface area contributed by atoms with Crippen molar-refractivity contribution in [1.82, 2.24) is 24.8 Å². The summed E-state index contributed by atoms with van der Waals surface area (Å²) in [6.45, 7) is 0. The Morgan fingerprint density at radius 2 is 1.32 bits per heavy atom. The monoisotopic (exact) mass is 504 g/mol. The minimum atomic E-state index is -3.74. The molecule has 0 bridgehead atoms. The number of nitrogens with one attached hydrogen (secondary N) is 1. The molecule has 180 valence electrons. The van der Waals surface area contributed by atoms with Gasteiger partial charge in [-0.15, -0.1) is 10.2 Å². The first kappa shape index (κ1) is 22.6. The van der Waals surface area contributed by atoms with Crippen LogP contribution >= 0.6 is 0 Å². The van der Waals surface area contributed by atoms with E-state index in [4.69, 9.17) is 0 Å². The molecule has 0 saturated heterocycles. The van der Waals surface area contributed by atoms with Crippen molar-refractivity contribution in [3.63, 3.8) is 0 Å². The van der Waals surface area contributed by atoms with Gasteiger partial charge in [-0.1, -0.05) is 60.7 Å². The zero-order valence-corrected chi connectivity index (χ0v) is 20.2. The predicted molar refractivity (Wildman–Crippen MR) is 142 cm³/mol. The summed E-state index contributed by atoms with van der Waals surface area (Å²) in [6.07, 6.45) is 1.69. The highest BCUT2D eigenvalue weighted by Gasteiger charge is 2.15. The summed E-state index contributed by atoms with van der Waals surface area (Å²) in [7, 11) is -3.74. The molecular weight excluding hydrogens is 484 g/mol. The number of rotatable bonds is 6. The Morgan fingerprint density at radius 3 is 2.05 bits per heavy atom. The van der Waals surface area contributed by atoms with Crippen LogP contribution in [0.5, 0.6) is 0 Å². The summed E-state index contributed by atoms with van der Waals surface area (Å²) in [4.78, 5) is 4.53. The Balaban J connectivity index is 1.23. The third-order valence-corrected chi connectivity index (χ3v) is 7.26. The number of pyridine rings is 1. The van der Waals surface area contributed by atoms with Crippen LogP contribution in [0.3, 0.4) is 0 Å². The molecule has 0 fully saturated rings. The minimum Gasteiger partial charge on any atom is -0.280 e. The van der Waals surface area contributed by atoms with Crippen molar-refractivity contribution in [2.24, 2.45) is 0 Å². The maximum atomic E-state index is 12.9. The first-order chi connectivity index (χ1) is 18.1. The second-order valence-corrected chi connectivity index (χ2v) is 9.98.